The Morgan fingerprint density at radius 2 is 1.70 bits per heavy atom. The van der Waals surface area contributed by atoms with Crippen molar-refractivity contribution >= 4 is 38.9 Å². The molecule has 0 saturated heterocycles. The van der Waals surface area contributed by atoms with Crippen LogP contribution in [0.5, 0.6) is 0 Å². The van der Waals surface area contributed by atoms with Crippen LogP contribution in [-0.4, -0.2) is 8.42 Å². The minimum absolute atomic E-state index is 0.0792. The van der Waals surface area contributed by atoms with Crippen LogP contribution in [0.2, 0.25) is 10.0 Å². The Morgan fingerprint density at radius 1 is 1.05 bits per heavy atom. The molecule has 0 aliphatic carbocycles. The van der Waals surface area contributed by atoms with Gasteiger partial charge in [0.1, 0.15) is 4.90 Å². The van der Waals surface area contributed by atoms with Gasteiger partial charge in [0.2, 0.25) is 0 Å². The first kappa shape index (κ1) is 14.7. The fourth-order valence-corrected chi connectivity index (χ4v) is 3.33. The van der Waals surface area contributed by atoms with Crippen LogP contribution in [0.15, 0.2) is 47.4 Å². The van der Waals surface area contributed by atoms with E-state index >= 15 is 0 Å². The third-order valence-electron chi connectivity index (χ3n) is 2.45. The van der Waals surface area contributed by atoms with Gasteiger partial charge in [0, 0.05) is 10.7 Å². The molecular weight excluding hydrogens is 319 g/mol. The zero-order valence-electron chi connectivity index (χ0n) is 9.97. The summed E-state index contributed by atoms with van der Waals surface area (Å²) in [5, 5.41) is 9.04. The number of anilines is 1. The van der Waals surface area contributed by atoms with Gasteiger partial charge in [-0.3, -0.25) is 4.72 Å². The van der Waals surface area contributed by atoms with Crippen molar-refractivity contribution in [3.8, 4) is 6.07 Å². The normalized spacial score (nSPS) is 10.8. The molecule has 1 N–H and O–H groups in total. The number of nitrogens with one attached hydrogen (secondary N) is 1. The third kappa shape index (κ3) is 3.23. The van der Waals surface area contributed by atoms with E-state index in [0.29, 0.717) is 11.3 Å². The average Bonchev–Trinajstić information content (AvgIpc) is 2.42. The van der Waals surface area contributed by atoms with Crippen LogP contribution in [0.3, 0.4) is 0 Å². The molecule has 102 valence electrons. The Labute approximate surface area is 126 Å². The molecule has 0 aliphatic heterocycles. The molecule has 0 amide bonds. The molecule has 0 unspecified atom stereocenters. The largest absolute Gasteiger partial charge is 0.280 e. The molecule has 4 nitrogen and oxygen atoms in total. The Kier molecular flexibility index (Phi) is 4.19. The first-order chi connectivity index (χ1) is 9.42. The number of hydrogen-bond donors (Lipinski definition) is 1. The Balaban J connectivity index is 2.35. The summed E-state index contributed by atoms with van der Waals surface area (Å²) >= 11 is 11.7. The van der Waals surface area contributed by atoms with Crippen LogP contribution in [0.1, 0.15) is 5.56 Å². The molecule has 7 heteroatoms. The molecule has 2 aromatic carbocycles. The van der Waals surface area contributed by atoms with Crippen molar-refractivity contribution in [1.82, 2.24) is 0 Å². The van der Waals surface area contributed by atoms with E-state index in [2.05, 4.69) is 4.72 Å². The summed E-state index contributed by atoms with van der Waals surface area (Å²) in [6.07, 6.45) is 0. The second-order valence-electron chi connectivity index (χ2n) is 3.87. The van der Waals surface area contributed by atoms with Crippen molar-refractivity contribution in [2.24, 2.45) is 0 Å². The van der Waals surface area contributed by atoms with Gasteiger partial charge in [-0.05, 0) is 42.5 Å². The highest BCUT2D eigenvalue weighted by atomic mass is 35.5. The van der Waals surface area contributed by atoms with E-state index in [1.165, 1.54) is 42.5 Å². The maximum absolute atomic E-state index is 12.2. The molecule has 0 bridgehead atoms. The summed E-state index contributed by atoms with van der Waals surface area (Å²) in [4.78, 5) is -0.101. The van der Waals surface area contributed by atoms with Crippen LogP contribution in [-0.2, 0) is 10.0 Å². The van der Waals surface area contributed by atoms with E-state index in [0.717, 1.165) is 0 Å². The van der Waals surface area contributed by atoms with Crippen LogP contribution in [0.25, 0.3) is 0 Å². The van der Waals surface area contributed by atoms with Gasteiger partial charge in [-0.25, -0.2) is 8.42 Å². The lowest BCUT2D eigenvalue weighted by Crippen LogP contribution is -2.13. The number of hydrogen-bond acceptors (Lipinski definition) is 3. The van der Waals surface area contributed by atoms with Crippen molar-refractivity contribution in [3.05, 3.63) is 58.1 Å². The monoisotopic (exact) mass is 326 g/mol. The number of sulfonamides is 1. The molecule has 0 aromatic heterocycles. The lowest BCUT2D eigenvalue weighted by atomic mass is 10.2. The van der Waals surface area contributed by atoms with Gasteiger partial charge in [0.05, 0.1) is 16.7 Å². The Hall–Kier alpha value is -1.74. The van der Waals surface area contributed by atoms with Crippen molar-refractivity contribution in [2.75, 3.05) is 4.72 Å². The third-order valence-corrected chi connectivity index (χ3v) is 4.55. The van der Waals surface area contributed by atoms with Crippen molar-refractivity contribution < 1.29 is 8.42 Å². The predicted octanol–water partition coefficient (Wildman–Crippen LogP) is 3.67. The number of nitrogens with zero attached hydrogens (tertiary/aromatic N) is 1. The minimum atomic E-state index is -3.84. The molecule has 2 rings (SSSR count). The highest BCUT2D eigenvalue weighted by Gasteiger charge is 2.18. The number of rotatable bonds is 3. The smallest absolute Gasteiger partial charge is 0.263 e. The van der Waals surface area contributed by atoms with E-state index in [9.17, 15) is 8.42 Å². The summed E-state index contributed by atoms with van der Waals surface area (Å²) in [6, 6.07) is 12.2. The van der Waals surface area contributed by atoms with Gasteiger partial charge >= 0.3 is 0 Å². The van der Waals surface area contributed by atoms with Crippen LogP contribution < -0.4 is 4.72 Å². The van der Waals surface area contributed by atoms with Crippen molar-refractivity contribution in [2.45, 2.75) is 4.90 Å². The van der Waals surface area contributed by atoms with E-state index in [1.807, 2.05) is 6.07 Å². The maximum Gasteiger partial charge on any atom is 0.263 e. The summed E-state index contributed by atoms with van der Waals surface area (Å²) in [7, 11) is -3.84. The molecule has 0 radical (unpaired) electrons. The lowest BCUT2D eigenvalue weighted by Gasteiger charge is -2.09. The second-order valence-corrected chi connectivity index (χ2v) is 6.36. The first-order valence-electron chi connectivity index (χ1n) is 5.40. The zero-order chi connectivity index (χ0) is 14.8. The van der Waals surface area contributed by atoms with Gasteiger partial charge in [-0.15, -0.1) is 0 Å². The minimum Gasteiger partial charge on any atom is -0.280 e. The molecule has 0 aliphatic rings. The second kappa shape index (κ2) is 5.71. The zero-order valence-corrected chi connectivity index (χ0v) is 12.3. The number of halogens is 2. The van der Waals surface area contributed by atoms with Crippen LogP contribution in [0, 0.1) is 11.3 Å². The molecule has 0 heterocycles. The average molecular weight is 327 g/mol. The van der Waals surface area contributed by atoms with E-state index in [1.54, 1.807) is 0 Å². The Morgan fingerprint density at radius 3 is 2.30 bits per heavy atom. The van der Waals surface area contributed by atoms with Crippen molar-refractivity contribution in [3.63, 3.8) is 0 Å². The standard InChI is InChI=1S/C13H8Cl2N2O2S/c14-10-3-6-12(15)13(7-10)20(18,19)17-11-4-1-9(8-16)2-5-11/h1-7,17H. The first-order valence-corrected chi connectivity index (χ1v) is 7.64. The van der Waals surface area contributed by atoms with Crippen molar-refractivity contribution in [1.29, 1.82) is 5.26 Å². The molecule has 0 spiro atoms. The van der Waals surface area contributed by atoms with Gasteiger partial charge in [0.25, 0.3) is 10.0 Å². The Bertz CT molecular complexity index is 781. The van der Waals surface area contributed by atoms with Gasteiger partial charge in [-0.2, -0.15) is 5.26 Å². The van der Waals surface area contributed by atoms with E-state index in [-0.39, 0.29) is 14.9 Å². The molecule has 20 heavy (non-hydrogen) atoms. The summed E-state index contributed by atoms with van der Waals surface area (Å²) in [6.45, 7) is 0. The maximum atomic E-state index is 12.2. The van der Waals surface area contributed by atoms with Gasteiger partial charge in [0.15, 0.2) is 0 Å². The molecular formula is C13H8Cl2N2O2S. The summed E-state index contributed by atoms with van der Waals surface area (Å²) in [5.74, 6) is 0. The molecule has 2 aromatic rings. The molecule has 0 saturated carbocycles. The SMILES string of the molecule is N#Cc1ccc(NS(=O)(=O)c2cc(Cl)ccc2Cl)cc1. The quantitative estimate of drug-likeness (QED) is 0.935. The summed E-state index contributed by atoms with van der Waals surface area (Å²) < 4.78 is 26.8. The molecule has 0 fully saturated rings. The predicted molar refractivity (Wildman–Crippen MR) is 78.4 cm³/mol. The summed E-state index contributed by atoms with van der Waals surface area (Å²) in [5.41, 5.74) is 0.772. The van der Waals surface area contributed by atoms with Gasteiger partial charge < -0.3 is 0 Å². The van der Waals surface area contributed by atoms with E-state index in [4.69, 9.17) is 28.5 Å². The number of nitriles is 1. The molecule has 0 atom stereocenters. The van der Waals surface area contributed by atoms with E-state index < -0.39 is 10.0 Å². The highest BCUT2D eigenvalue weighted by Crippen LogP contribution is 2.26. The lowest BCUT2D eigenvalue weighted by molar-refractivity contribution is 0.601. The fourth-order valence-electron chi connectivity index (χ4n) is 1.51. The van der Waals surface area contributed by atoms with Crippen LogP contribution >= 0.6 is 23.2 Å². The van der Waals surface area contributed by atoms with Gasteiger partial charge in [-0.1, -0.05) is 23.2 Å². The fraction of sp³-hybridized carbons (Fsp3) is 0. The topological polar surface area (TPSA) is 70.0 Å². The highest BCUT2D eigenvalue weighted by molar-refractivity contribution is 7.92. The van der Waals surface area contributed by atoms with Crippen LogP contribution in [0.4, 0.5) is 5.69 Å². The number of benzene rings is 2.